The highest BCUT2D eigenvalue weighted by Gasteiger charge is 2.17. The number of hydrogen-bond donors (Lipinski definition) is 1. The molecule has 5 heteroatoms. The number of halogens is 1. The molecule has 2 aromatic rings. The van der Waals surface area contributed by atoms with Gasteiger partial charge in [-0.05, 0) is 46.8 Å². The fraction of sp³-hybridized carbons (Fsp3) is 0.462. The van der Waals surface area contributed by atoms with Gasteiger partial charge >= 0.3 is 5.69 Å². The highest BCUT2D eigenvalue weighted by atomic mass is 79.9. The molecule has 0 saturated carbocycles. The number of nitrogens with one attached hydrogen (secondary N) is 1. The molecule has 0 unspecified atom stereocenters. The molecule has 0 atom stereocenters. The van der Waals surface area contributed by atoms with Crippen molar-refractivity contribution in [3.05, 3.63) is 33.2 Å². The highest BCUT2D eigenvalue weighted by molar-refractivity contribution is 9.10. The third kappa shape index (κ3) is 2.12. The summed E-state index contributed by atoms with van der Waals surface area (Å²) in [5.74, 6) is 0.537. The quantitative estimate of drug-likeness (QED) is 0.926. The maximum atomic E-state index is 12.0. The molecule has 1 aliphatic heterocycles. The van der Waals surface area contributed by atoms with Crippen molar-refractivity contribution in [1.82, 2.24) is 9.55 Å². The molecule has 0 radical (unpaired) electrons. The van der Waals surface area contributed by atoms with Gasteiger partial charge in [-0.3, -0.25) is 4.57 Å². The molecule has 96 valence electrons. The molecular formula is C13H15BrN2O2. The van der Waals surface area contributed by atoms with Crippen LogP contribution in [0.15, 0.2) is 27.5 Å². The molecule has 1 aromatic heterocycles. The molecule has 0 spiro atoms. The van der Waals surface area contributed by atoms with Crippen LogP contribution in [-0.4, -0.2) is 22.8 Å². The van der Waals surface area contributed by atoms with E-state index in [1.165, 1.54) is 0 Å². The van der Waals surface area contributed by atoms with E-state index in [9.17, 15) is 4.79 Å². The average Bonchev–Trinajstić information content (AvgIpc) is 2.70. The fourth-order valence-corrected chi connectivity index (χ4v) is 2.97. The Labute approximate surface area is 113 Å². The lowest BCUT2D eigenvalue weighted by Gasteiger charge is -2.22. The number of fused-ring (bicyclic) bond motifs is 1. The number of hydrogen-bond acceptors (Lipinski definition) is 2. The number of benzene rings is 1. The summed E-state index contributed by atoms with van der Waals surface area (Å²) in [6.07, 6.45) is 2.07. The molecular weight excluding hydrogens is 296 g/mol. The maximum absolute atomic E-state index is 12.0. The first-order valence-electron chi connectivity index (χ1n) is 6.20. The molecule has 0 bridgehead atoms. The first kappa shape index (κ1) is 12.0. The first-order valence-corrected chi connectivity index (χ1v) is 7.00. The standard InChI is InChI=1S/C13H15BrN2O2/c14-10-2-1-3-11-12(10)15-13(17)16(11)8-9-4-6-18-7-5-9/h1-3,9H,4-8H2,(H,15,17). The second-order valence-electron chi connectivity index (χ2n) is 4.73. The van der Waals surface area contributed by atoms with E-state index in [-0.39, 0.29) is 5.69 Å². The summed E-state index contributed by atoms with van der Waals surface area (Å²) >= 11 is 3.47. The van der Waals surface area contributed by atoms with E-state index in [2.05, 4.69) is 20.9 Å². The smallest absolute Gasteiger partial charge is 0.326 e. The Morgan fingerprint density at radius 1 is 1.39 bits per heavy atom. The Hall–Kier alpha value is -1.07. The van der Waals surface area contributed by atoms with Crippen molar-refractivity contribution >= 4 is 27.0 Å². The molecule has 1 saturated heterocycles. The van der Waals surface area contributed by atoms with Gasteiger partial charge in [-0.25, -0.2) is 4.79 Å². The van der Waals surface area contributed by atoms with Gasteiger partial charge in [0.1, 0.15) is 0 Å². The lowest BCUT2D eigenvalue weighted by Crippen LogP contribution is -2.25. The van der Waals surface area contributed by atoms with Crippen molar-refractivity contribution in [3.8, 4) is 0 Å². The molecule has 4 nitrogen and oxygen atoms in total. The second kappa shape index (κ2) is 4.90. The van der Waals surface area contributed by atoms with Crippen LogP contribution in [0, 0.1) is 5.92 Å². The predicted octanol–water partition coefficient (Wildman–Crippen LogP) is 2.52. The lowest BCUT2D eigenvalue weighted by atomic mass is 10.0. The summed E-state index contributed by atoms with van der Waals surface area (Å²) in [6, 6.07) is 5.88. The van der Waals surface area contributed by atoms with Crippen LogP contribution in [-0.2, 0) is 11.3 Å². The van der Waals surface area contributed by atoms with Gasteiger partial charge in [0.2, 0.25) is 0 Å². The molecule has 0 aliphatic carbocycles. The Kier molecular flexibility index (Phi) is 3.26. The zero-order chi connectivity index (χ0) is 12.5. The Morgan fingerprint density at radius 2 is 2.17 bits per heavy atom. The number of aromatic amines is 1. The summed E-state index contributed by atoms with van der Waals surface area (Å²) in [6.45, 7) is 2.40. The number of ether oxygens (including phenoxy) is 1. The SMILES string of the molecule is O=c1[nH]c2c(Br)cccc2n1CC1CCOCC1. The van der Waals surface area contributed by atoms with Crippen molar-refractivity contribution in [3.63, 3.8) is 0 Å². The van der Waals surface area contributed by atoms with E-state index >= 15 is 0 Å². The first-order chi connectivity index (χ1) is 8.75. The zero-order valence-corrected chi connectivity index (χ0v) is 11.6. The van der Waals surface area contributed by atoms with Crippen LogP contribution < -0.4 is 5.69 Å². The average molecular weight is 311 g/mol. The van der Waals surface area contributed by atoms with Crippen molar-refractivity contribution in [2.45, 2.75) is 19.4 Å². The van der Waals surface area contributed by atoms with E-state index in [0.29, 0.717) is 5.92 Å². The van der Waals surface area contributed by atoms with Gasteiger partial charge in [-0.2, -0.15) is 0 Å². The fourth-order valence-electron chi connectivity index (χ4n) is 2.51. The van der Waals surface area contributed by atoms with Gasteiger partial charge in [0, 0.05) is 24.2 Å². The summed E-state index contributed by atoms with van der Waals surface area (Å²) in [5.41, 5.74) is 1.83. The zero-order valence-electron chi connectivity index (χ0n) is 9.99. The minimum Gasteiger partial charge on any atom is -0.381 e. The van der Waals surface area contributed by atoms with Crippen LogP contribution in [0.4, 0.5) is 0 Å². The van der Waals surface area contributed by atoms with E-state index in [1.807, 2.05) is 22.8 Å². The second-order valence-corrected chi connectivity index (χ2v) is 5.58. The van der Waals surface area contributed by atoms with E-state index in [1.54, 1.807) is 0 Å². The molecule has 1 N–H and O–H groups in total. The van der Waals surface area contributed by atoms with E-state index in [0.717, 1.165) is 48.1 Å². The van der Waals surface area contributed by atoms with Crippen molar-refractivity contribution < 1.29 is 4.74 Å². The molecule has 1 aromatic carbocycles. The predicted molar refractivity (Wildman–Crippen MR) is 73.8 cm³/mol. The largest absolute Gasteiger partial charge is 0.381 e. The normalized spacial score (nSPS) is 17.4. The number of rotatable bonds is 2. The van der Waals surface area contributed by atoms with Gasteiger partial charge in [-0.15, -0.1) is 0 Å². The maximum Gasteiger partial charge on any atom is 0.326 e. The number of imidazole rings is 1. The molecule has 1 fully saturated rings. The van der Waals surface area contributed by atoms with Crippen molar-refractivity contribution in [2.24, 2.45) is 5.92 Å². The minimum absolute atomic E-state index is 0.0246. The number of para-hydroxylation sites is 1. The Bertz CT molecular complexity index is 611. The summed E-state index contributed by atoms with van der Waals surface area (Å²) in [5, 5.41) is 0. The lowest BCUT2D eigenvalue weighted by molar-refractivity contribution is 0.0613. The Balaban J connectivity index is 1.98. The van der Waals surface area contributed by atoms with Gasteiger partial charge < -0.3 is 9.72 Å². The summed E-state index contributed by atoms with van der Waals surface area (Å²) < 4.78 is 8.13. The number of aromatic nitrogens is 2. The summed E-state index contributed by atoms with van der Waals surface area (Å²) in [4.78, 5) is 14.9. The molecule has 18 heavy (non-hydrogen) atoms. The van der Waals surface area contributed by atoms with Crippen molar-refractivity contribution in [2.75, 3.05) is 13.2 Å². The van der Waals surface area contributed by atoms with E-state index in [4.69, 9.17) is 4.74 Å². The third-order valence-corrected chi connectivity index (χ3v) is 4.20. The minimum atomic E-state index is -0.0246. The van der Waals surface area contributed by atoms with Crippen LogP contribution in [0.25, 0.3) is 11.0 Å². The van der Waals surface area contributed by atoms with Gasteiger partial charge in [0.15, 0.2) is 0 Å². The van der Waals surface area contributed by atoms with Gasteiger partial charge in [-0.1, -0.05) is 6.07 Å². The number of H-pyrrole nitrogens is 1. The van der Waals surface area contributed by atoms with Gasteiger partial charge in [0.05, 0.1) is 11.0 Å². The van der Waals surface area contributed by atoms with Crippen LogP contribution in [0.2, 0.25) is 0 Å². The van der Waals surface area contributed by atoms with Gasteiger partial charge in [0.25, 0.3) is 0 Å². The molecule has 3 rings (SSSR count). The van der Waals surface area contributed by atoms with Crippen LogP contribution in [0.1, 0.15) is 12.8 Å². The van der Waals surface area contributed by atoms with Crippen LogP contribution in [0.3, 0.4) is 0 Å². The molecule has 1 aliphatic rings. The Morgan fingerprint density at radius 3 is 2.94 bits per heavy atom. The highest BCUT2D eigenvalue weighted by Crippen LogP contribution is 2.23. The summed E-state index contributed by atoms with van der Waals surface area (Å²) in [7, 11) is 0. The van der Waals surface area contributed by atoms with E-state index < -0.39 is 0 Å². The third-order valence-electron chi connectivity index (χ3n) is 3.54. The van der Waals surface area contributed by atoms with Crippen LogP contribution >= 0.6 is 15.9 Å². The monoisotopic (exact) mass is 310 g/mol. The molecule has 0 amide bonds. The van der Waals surface area contributed by atoms with Crippen molar-refractivity contribution in [1.29, 1.82) is 0 Å². The van der Waals surface area contributed by atoms with Crippen LogP contribution in [0.5, 0.6) is 0 Å². The topological polar surface area (TPSA) is 47.0 Å². The number of nitrogens with zero attached hydrogens (tertiary/aromatic N) is 1. The molecule has 2 heterocycles.